The Balaban J connectivity index is 3.98. The number of phosphoric acid groups is 1. The van der Waals surface area contributed by atoms with Crippen LogP contribution in [0.5, 0.6) is 0 Å². The van der Waals surface area contributed by atoms with Crippen LogP contribution >= 0.6 is 7.82 Å². The number of rotatable bonds is 53. The van der Waals surface area contributed by atoms with Gasteiger partial charge < -0.3 is 27.9 Å². The number of quaternary nitrogens is 1. The number of unbranched alkanes of at least 4 members (excludes halogenated alkanes) is 31. The van der Waals surface area contributed by atoms with E-state index in [0.29, 0.717) is 17.4 Å². The summed E-state index contributed by atoms with van der Waals surface area (Å²) in [5.74, 6) is -0.821. The number of nitrogens with zero attached hydrogens (tertiary/aromatic N) is 1. The number of carbonyl (C=O) groups is 2. The quantitative estimate of drug-likeness (QED) is 0.0195. The number of phosphoric ester groups is 1. The third-order valence-corrected chi connectivity index (χ3v) is 13.6. The van der Waals surface area contributed by atoms with Gasteiger partial charge >= 0.3 is 11.9 Å². The molecule has 0 spiro atoms. The van der Waals surface area contributed by atoms with Crippen LogP contribution in [-0.2, 0) is 32.7 Å². The number of hydrogen-bond acceptors (Lipinski definition) is 8. The molecule has 0 amide bonds. The van der Waals surface area contributed by atoms with E-state index in [9.17, 15) is 19.0 Å². The topological polar surface area (TPSA) is 111 Å². The molecule has 69 heavy (non-hydrogen) atoms. The van der Waals surface area contributed by atoms with Gasteiger partial charge in [-0.2, -0.15) is 0 Å². The first-order chi connectivity index (χ1) is 33.5. The van der Waals surface area contributed by atoms with Crippen LogP contribution in [0.4, 0.5) is 0 Å². The molecule has 0 saturated heterocycles. The van der Waals surface area contributed by atoms with Gasteiger partial charge in [0.15, 0.2) is 6.10 Å². The average Bonchev–Trinajstić information content (AvgIpc) is 3.31. The zero-order chi connectivity index (χ0) is 50.6. The van der Waals surface area contributed by atoms with Crippen molar-refractivity contribution in [1.82, 2.24) is 0 Å². The minimum absolute atomic E-state index is 0.0285. The summed E-state index contributed by atoms with van der Waals surface area (Å²) in [6.45, 7) is 4.15. The van der Waals surface area contributed by atoms with Crippen LogP contribution in [0.1, 0.15) is 264 Å². The maximum absolute atomic E-state index is 12.8. The Kier molecular flexibility index (Phi) is 49.4. The van der Waals surface area contributed by atoms with Crippen molar-refractivity contribution in [3.8, 4) is 0 Å². The first kappa shape index (κ1) is 67.0. The van der Waals surface area contributed by atoms with Crippen LogP contribution in [0.25, 0.3) is 0 Å². The van der Waals surface area contributed by atoms with Gasteiger partial charge in [0.2, 0.25) is 0 Å². The van der Waals surface area contributed by atoms with Crippen molar-refractivity contribution >= 4 is 19.8 Å². The van der Waals surface area contributed by atoms with Crippen LogP contribution < -0.4 is 4.89 Å². The summed E-state index contributed by atoms with van der Waals surface area (Å²) in [5.41, 5.74) is 0. The van der Waals surface area contributed by atoms with Crippen molar-refractivity contribution in [3.05, 3.63) is 48.6 Å². The van der Waals surface area contributed by atoms with Crippen LogP contribution in [-0.4, -0.2) is 70.0 Å². The number of esters is 2. The maximum atomic E-state index is 12.8. The minimum Gasteiger partial charge on any atom is -0.756 e. The van der Waals surface area contributed by atoms with Crippen molar-refractivity contribution < 1.29 is 42.1 Å². The fourth-order valence-electron chi connectivity index (χ4n) is 8.18. The number of ether oxygens (including phenoxy) is 2. The van der Waals surface area contributed by atoms with E-state index in [1.54, 1.807) is 0 Å². The van der Waals surface area contributed by atoms with E-state index >= 15 is 0 Å². The molecule has 9 nitrogen and oxygen atoms in total. The molecular weight excluding hydrogens is 882 g/mol. The summed E-state index contributed by atoms with van der Waals surface area (Å²) in [6, 6.07) is 0. The Bertz CT molecular complexity index is 1310. The summed E-state index contributed by atoms with van der Waals surface area (Å²) in [6.07, 6.45) is 63.2. The molecule has 0 aromatic heterocycles. The highest BCUT2D eigenvalue weighted by Crippen LogP contribution is 2.38. The highest BCUT2D eigenvalue weighted by molar-refractivity contribution is 7.45. The largest absolute Gasteiger partial charge is 0.756 e. The molecule has 0 aromatic rings. The Morgan fingerprint density at radius 2 is 0.826 bits per heavy atom. The number of hydrogen-bond donors (Lipinski definition) is 0. The molecule has 2 unspecified atom stereocenters. The monoisotopic (exact) mass is 992 g/mol. The SMILES string of the molecule is CC/C=C\C/C=C\C/C=C\C/C=C\CCCCCCCCCCCCCCCCCCCCCCC(=O)OC(COC(=O)CCCCCCCCCCCCCC)COP(=O)([O-])OCC[N+](C)(C)C. The number of allylic oxidation sites excluding steroid dienone is 8. The van der Waals surface area contributed by atoms with Gasteiger partial charge in [0.1, 0.15) is 19.8 Å². The van der Waals surface area contributed by atoms with Crippen molar-refractivity contribution in [1.29, 1.82) is 0 Å². The normalized spacial score (nSPS) is 13.7. The molecule has 0 bridgehead atoms. The fourth-order valence-corrected chi connectivity index (χ4v) is 8.91. The van der Waals surface area contributed by atoms with Crippen molar-refractivity contribution in [2.24, 2.45) is 0 Å². The van der Waals surface area contributed by atoms with Crippen molar-refractivity contribution in [3.63, 3.8) is 0 Å². The van der Waals surface area contributed by atoms with Gasteiger partial charge in [-0.25, -0.2) is 0 Å². The lowest BCUT2D eigenvalue weighted by atomic mass is 10.0. The number of carbonyl (C=O) groups excluding carboxylic acids is 2. The van der Waals surface area contributed by atoms with E-state index in [2.05, 4.69) is 62.5 Å². The average molecular weight is 993 g/mol. The van der Waals surface area contributed by atoms with E-state index in [1.807, 2.05) is 21.1 Å². The molecule has 0 aliphatic heterocycles. The van der Waals surface area contributed by atoms with E-state index in [0.717, 1.165) is 57.8 Å². The van der Waals surface area contributed by atoms with Crippen molar-refractivity contribution in [2.75, 3.05) is 47.5 Å². The Morgan fingerprint density at radius 1 is 0.464 bits per heavy atom. The Morgan fingerprint density at radius 3 is 1.23 bits per heavy atom. The van der Waals surface area contributed by atoms with Crippen molar-refractivity contribution in [2.45, 2.75) is 270 Å². The van der Waals surface area contributed by atoms with Gasteiger partial charge in [0.05, 0.1) is 27.7 Å². The molecule has 0 aromatic carbocycles. The van der Waals surface area contributed by atoms with E-state index in [4.69, 9.17) is 18.5 Å². The third-order valence-electron chi connectivity index (χ3n) is 12.6. The lowest BCUT2D eigenvalue weighted by Gasteiger charge is -2.28. The highest BCUT2D eigenvalue weighted by Gasteiger charge is 2.22. The summed E-state index contributed by atoms with van der Waals surface area (Å²) in [7, 11) is 1.18. The van der Waals surface area contributed by atoms with Gasteiger partial charge in [-0.15, -0.1) is 0 Å². The van der Waals surface area contributed by atoms with Gasteiger partial charge in [0.25, 0.3) is 7.82 Å². The number of likely N-dealkylation sites (N-methyl/N-ethyl adjacent to an activating group) is 1. The lowest BCUT2D eigenvalue weighted by molar-refractivity contribution is -0.870. The lowest BCUT2D eigenvalue weighted by Crippen LogP contribution is -2.37. The van der Waals surface area contributed by atoms with Gasteiger partial charge in [-0.05, 0) is 51.4 Å². The first-order valence-corrected chi connectivity index (χ1v) is 30.3. The second-order valence-electron chi connectivity index (χ2n) is 20.6. The smallest absolute Gasteiger partial charge is 0.306 e. The molecule has 0 fully saturated rings. The molecular formula is C59H110NO8P. The second-order valence-corrected chi connectivity index (χ2v) is 22.0. The maximum Gasteiger partial charge on any atom is 0.306 e. The zero-order valence-corrected chi connectivity index (χ0v) is 46.7. The molecule has 10 heteroatoms. The second kappa shape index (κ2) is 50.9. The molecule has 0 heterocycles. The summed E-state index contributed by atoms with van der Waals surface area (Å²) in [4.78, 5) is 37.7. The zero-order valence-electron chi connectivity index (χ0n) is 45.8. The molecule has 0 aliphatic rings. The van der Waals surface area contributed by atoms with E-state index in [-0.39, 0.29) is 32.0 Å². The Labute approximate surface area is 426 Å². The van der Waals surface area contributed by atoms with Crippen LogP contribution in [0.3, 0.4) is 0 Å². The van der Waals surface area contributed by atoms with Gasteiger partial charge in [-0.3, -0.25) is 14.2 Å². The Hall–Kier alpha value is -2.03. The first-order valence-electron chi connectivity index (χ1n) is 28.8. The molecule has 0 rings (SSSR count). The summed E-state index contributed by atoms with van der Waals surface area (Å²) >= 11 is 0. The minimum atomic E-state index is -4.63. The molecule has 404 valence electrons. The standard InChI is InChI=1S/C59H110NO8P/c1-6-8-10-12-14-16-18-20-21-22-23-24-25-26-27-28-29-30-31-32-33-34-35-36-37-38-39-40-42-44-46-48-50-52-59(62)68-57(56-67-69(63,64)66-54-53-60(3,4)5)55-65-58(61)51-49-47-45-43-41-19-17-15-13-11-9-7-2/h8,10,14,16,20-21,23-24,57H,6-7,9,11-13,15,17-19,22,25-56H2,1-5H3/b10-8-,16-14-,21-20-,24-23-. The predicted octanol–water partition coefficient (Wildman–Crippen LogP) is 17.1. The summed E-state index contributed by atoms with van der Waals surface area (Å²) in [5, 5.41) is 0. The highest BCUT2D eigenvalue weighted by atomic mass is 31.2. The molecule has 2 atom stereocenters. The molecule has 0 saturated carbocycles. The van der Waals surface area contributed by atoms with Crippen LogP contribution in [0.15, 0.2) is 48.6 Å². The van der Waals surface area contributed by atoms with Gasteiger partial charge in [0, 0.05) is 12.8 Å². The molecule has 0 aliphatic carbocycles. The van der Waals surface area contributed by atoms with Crippen LogP contribution in [0, 0.1) is 0 Å². The predicted molar refractivity (Wildman–Crippen MR) is 291 cm³/mol. The molecule has 0 N–H and O–H groups in total. The van der Waals surface area contributed by atoms with E-state index < -0.39 is 26.5 Å². The van der Waals surface area contributed by atoms with E-state index in [1.165, 1.54) is 173 Å². The van der Waals surface area contributed by atoms with Gasteiger partial charge in [-0.1, -0.05) is 249 Å². The molecule has 0 radical (unpaired) electrons. The third kappa shape index (κ3) is 55.1. The fraction of sp³-hybridized carbons (Fsp3) is 0.831. The van der Waals surface area contributed by atoms with Crippen LogP contribution in [0.2, 0.25) is 0 Å². The summed E-state index contributed by atoms with van der Waals surface area (Å²) < 4.78 is 34.1.